The largest absolute Gasteiger partial charge is 0.493 e. The number of rotatable bonds is 7. The number of nitrogens with one attached hydrogen (secondary N) is 1. The number of ether oxygens (including phenoxy) is 3. The molecule has 0 unspecified atom stereocenters. The van der Waals surface area contributed by atoms with Crippen molar-refractivity contribution in [1.82, 2.24) is 0 Å². The van der Waals surface area contributed by atoms with Gasteiger partial charge in [0.05, 0.1) is 36.1 Å². The molecule has 6 nitrogen and oxygen atoms in total. The Morgan fingerprint density at radius 3 is 2.29 bits per heavy atom. The monoisotopic (exact) mass is 439 g/mol. The van der Waals surface area contributed by atoms with Gasteiger partial charge in [-0.05, 0) is 24.6 Å². The minimum Gasteiger partial charge on any atom is -0.493 e. The summed E-state index contributed by atoms with van der Waals surface area (Å²) in [6.07, 6.45) is 0. The van der Waals surface area contributed by atoms with Crippen molar-refractivity contribution < 1.29 is 23.8 Å². The zero-order valence-corrected chi connectivity index (χ0v) is 18.2. The van der Waals surface area contributed by atoms with Gasteiger partial charge in [-0.1, -0.05) is 53.6 Å². The summed E-state index contributed by atoms with van der Waals surface area (Å²) in [4.78, 5) is 25.6. The highest BCUT2D eigenvalue weighted by molar-refractivity contribution is 6.34. The summed E-state index contributed by atoms with van der Waals surface area (Å²) in [6, 6.07) is 17.3. The molecule has 1 amide bonds. The van der Waals surface area contributed by atoms with Crippen LogP contribution in [-0.2, 0) is 11.3 Å². The quantitative estimate of drug-likeness (QED) is 0.507. The Balaban J connectivity index is 1.91. The van der Waals surface area contributed by atoms with Gasteiger partial charge >= 0.3 is 5.97 Å². The number of carbonyl (C=O) groups is 2. The molecule has 0 spiro atoms. The third-order valence-electron chi connectivity index (χ3n) is 4.56. The van der Waals surface area contributed by atoms with E-state index in [1.165, 1.54) is 26.4 Å². The molecule has 0 aliphatic heterocycles. The van der Waals surface area contributed by atoms with Gasteiger partial charge in [0.1, 0.15) is 6.61 Å². The van der Waals surface area contributed by atoms with Gasteiger partial charge in [0, 0.05) is 12.1 Å². The van der Waals surface area contributed by atoms with Crippen LogP contribution in [-0.4, -0.2) is 26.1 Å². The van der Waals surface area contributed by atoms with Crippen LogP contribution in [0.1, 0.15) is 31.8 Å². The number of halogens is 1. The van der Waals surface area contributed by atoms with Crippen molar-refractivity contribution in [2.75, 3.05) is 19.5 Å². The van der Waals surface area contributed by atoms with Crippen LogP contribution < -0.4 is 14.8 Å². The molecule has 160 valence electrons. The fraction of sp³-hybridized carbons (Fsp3) is 0.167. The van der Waals surface area contributed by atoms with E-state index in [2.05, 4.69) is 5.32 Å². The second-order valence-corrected chi connectivity index (χ2v) is 7.16. The van der Waals surface area contributed by atoms with Gasteiger partial charge in [-0.3, -0.25) is 4.79 Å². The lowest BCUT2D eigenvalue weighted by Crippen LogP contribution is -2.17. The molecule has 0 aliphatic carbocycles. The van der Waals surface area contributed by atoms with Crippen molar-refractivity contribution in [3.05, 3.63) is 87.9 Å². The van der Waals surface area contributed by atoms with Gasteiger partial charge in [-0.2, -0.15) is 0 Å². The fourth-order valence-electron chi connectivity index (χ4n) is 3.01. The van der Waals surface area contributed by atoms with Crippen LogP contribution in [0, 0.1) is 6.92 Å². The van der Waals surface area contributed by atoms with E-state index in [1.54, 1.807) is 24.3 Å². The summed E-state index contributed by atoms with van der Waals surface area (Å²) >= 11 is 6.13. The van der Waals surface area contributed by atoms with Crippen molar-refractivity contribution in [2.45, 2.75) is 13.5 Å². The Morgan fingerprint density at radius 1 is 0.903 bits per heavy atom. The molecule has 0 saturated carbocycles. The molecule has 0 heterocycles. The van der Waals surface area contributed by atoms with Gasteiger partial charge in [0.25, 0.3) is 5.91 Å². The zero-order chi connectivity index (χ0) is 22.4. The minimum absolute atomic E-state index is 0.0900. The van der Waals surface area contributed by atoms with Gasteiger partial charge in [0.2, 0.25) is 0 Å². The van der Waals surface area contributed by atoms with Crippen molar-refractivity contribution in [3.8, 4) is 11.5 Å². The van der Waals surface area contributed by atoms with E-state index < -0.39 is 11.9 Å². The third-order valence-corrected chi connectivity index (χ3v) is 4.89. The molecule has 0 atom stereocenters. The number of aryl methyl sites for hydroxylation is 1. The summed E-state index contributed by atoms with van der Waals surface area (Å²) in [5.74, 6) is -0.393. The Labute approximate surface area is 185 Å². The molecule has 0 aliphatic rings. The van der Waals surface area contributed by atoms with Crippen LogP contribution >= 0.6 is 11.6 Å². The summed E-state index contributed by atoms with van der Waals surface area (Å²) in [7, 11) is 2.93. The number of methoxy groups -OCH3 is 2. The van der Waals surface area contributed by atoms with Gasteiger partial charge in [-0.15, -0.1) is 0 Å². The molecule has 3 aromatic carbocycles. The van der Waals surface area contributed by atoms with Gasteiger partial charge in [-0.25, -0.2) is 4.79 Å². The number of anilines is 1. The predicted molar refractivity (Wildman–Crippen MR) is 119 cm³/mol. The second kappa shape index (κ2) is 10.00. The minimum atomic E-state index is -0.614. The van der Waals surface area contributed by atoms with E-state index in [0.717, 1.165) is 11.1 Å². The molecule has 0 radical (unpaired) electrons. The summed E-state index contributed by atoms with van der Waals surface area (Å²) in [5, 5.41) is 3.02. The molecule has 0 aromatic heterocycles. The van der Waals surface area contributed by atoms with Crippen LogP contribution in [0.15, 0.2) is 60.7 Å². The van der Waals surface area contributed by atoms with Crippen LogP contribution in [0.5, 0.6) is 11.5 Å². The maximum absolute atomic E-state index is 12.9. The smallest absolute Gasteiger partial charge is 0.340 e. The zero-order valence-electron chi connectivity index (χ0n) is 17.4. The molecular weight excluding hydrogens is 418 g/mol. The Morgan fingerprint density at radius 2 is 1.61 bits per heavy atom. The highest BCUT2D eigenvalue weighted by Crippen LogP contribution is 2.34. The van der Waals surface area contributed by atoms with E-state index >= 15 is 0 Å². The lowest BCUT2D eigenvalue weighted by Gasteiger charge is -2.16. The van der Waals surface area contributed by atoms with Crippen LogP contribution in [0.4, 0.5) is 5.69 Å². The van der Waals surface area contributed by atoms with E-state index in [1.807, 2.05) is 31.2 Å². The summed E-state index contributed by atoms with van der Waals surface area (Å²) in [5.41, 5.74) is 2.54. The molecule has 3 aromatic rings. The lowest BCUT2D eigenvalue weighted by atomic mass is 10.1. The maximum atomic E-state index is 12.9. The second-order valence-electron chi connectivity index (χ2n) is 6.75. The summed E-state index contributed by atoms with van der Waals surface area (Å²) in [6.45, 7) is 2.05. The predicted octanol–water partition coefficient (Wildman–Crippen LogP) is 5.27. The highest BCUT2D eigenvalue weighted by atomic mass is 35.5. The van der Waals surface area contributed by atoms with Gasteiger partial charge < -0.3 is 19.5 Å². The number of esters is 1. The molecule has 0 bridgehead atoms. The Kier molecular flexibility index (Phi) is 7.15. The topological polar surface area (TPSA) is 73.9 Å². The van der Waals surface area contributed by atoms with E-state index in [4.69, 9.17) is 25.8 Å². The molecule has 0 fully saturated rings. The number of hydrogen-bond donors (Lipinski definition) is 1. The molecule has 31 heavy (non-hydrogen) atoms. The Hall–Kier alpha value is -3.51. The first-order chi connectivity index (χ1) is 14.9. The molecule has 0 saturated heterocycles. The first-order valence-electron chi connectivity index (χ1n) is 9.47. The van der Waals surface area contributed by atoms with Crippen molar-refractivity contribution in [2.24, 2.45) is 0 Å². The van der Waals surface area contributed by atoms with Crippen LogP contribution in [0.3, 0.4) is 0 Å². The van der Waals surface area contributed by atoms with Gasteiger partial charge in [0.15, 0.2) is 11.5 Å². The highest BCUT2D eigenvalue weighted by Gasteiger charge is 2.21. The molecule has 1 N–H and O–H groups in total. The van der Waals surface area contributed by atoms with Crippen molar-refractivity contribution in [1.29, 1.82) is 0 Å². The van der Waals surface area contributed by atoms with E-state index in [0.29, 0.717) is 16.5 Å². The summed E-state index contributed by atoms with van der Waals surface area (Å²) < 4.78 is 16.1. The molecular formula is C24H22ClNO5. The normalized spacial score (nSPS) is 10.3. The molecule has 3 rings (SSSR count). The standard InChI is InChI=1S/C24H22ClNO5/c1-15-7-6-8-16(11-15)14-31-24(28)18-12-21(29-2)22(30-3)13-20(18)26-23(27)17-9-4-5-10-19(17)25/h4-13H,14H2,1-3H3,(H,26,27). The number of hydrogen-bond acceptors (Lipinski definition) is 5. The van der Waals surface area contributed by atoms with Crippen LogP contribution in [0.2, 0.25) is 5.02 Å². The number of benzene rings is 3. The molecule has 7 heteroatoms. The van der Waals surface area contributed by atoms with Crippen molar-refractivity contribution >= 4 is 29.2 Å². The SMILES string of the molecule is COc1cc(NC(=O)c2ccccc2Cl)c(C(=O)OCc2cccc(C)c2)cc1OC. The Bertz CT molecular complexity index is 1110. The van der Waals surface area contributed by atoms with E-state index in [9.17, 15) is 9.59 Å². The van der Waals surface area contributed by atoms with E-state index in [-0.39, 0.29) is 23.4 Å². The van der Waals surface area contributed by atoms with Crippen molar-refractivity contribution in [3.63, 3.8) is 0 Å². The maximum Gasteiger partial charge on any atom is 0.340 e. The number of carbonyl (C=O) groups excluding carboxylic acids is 2. The average Bonchev–Trinajstić information content (AvgIpc) is 2.77. The first-order valence-corrected chi connectivity index (χ1v) is 9.85. The fourth-order valence-corrected chi connectivity index (χ4v) is 3.24. The average molecular weight is 440 g/mol. The lowest BCUT2D eigenvalue weighted by molar-refractivity contribution is 0.0473. The van der Waals surface area contributed by atoms with Crippen LogP contribution in [0.25, 0.3) is 0 Å². The third kappa shape index (κ3) is 5.35. The number of amides is 1. The first kappa shape index (κ1) is 22.2.